The van der Waals surface area contributed by atoms with Gasteiger partial charge in [-0.2, -0.15) is 5.10 Å². The van der Waals surface area contributed by atoms with Gasteiger partial charge in [0.15, 0.2) is 5.16 Å². The van der Waals surface area contributed by atoms with Crippen molar-refractivity contribution >= 4 is 11.8 Å². The highest BCUT2D eigenvalue weighted by Gasteiger charge is 2.11. The van der Waals surface area contributed by atoms with Crippen molar-refractivity contribution in [2.75, 3.05) is 6.54 Å². The maximum Gasteiger partial charge on any atom is 0.190 e. The van der Waals surface area contributed by atoms with Crippen LogP contribution in [0, 0.1) is 5.82 Å². The normalized spacial score (nSPS) is 10.9. The van der Waals surface area contributed by atoms with Crippen molar-refractivity contribution in [2.24, 2.45) is 7.05 Å². The van der Waals surface area contributed by atoms with Crippen molar-refractivity contribution < 1.29 is 4.39 Å². The van der Waals surface area contributed by atoms with E-state index in [-0.39, 0.29) is 5.82 Å². The monoisotopic (exact) mass is 280 g/mol. The molecular formula is C13H17FN4S. The van der Waals surface area contributed by atoms with Gasteiger partial charge in [-0.1, -0.05) is 13.0 Å². The second kappa shape index (κ2) is 6.68. The first-order valence-electron chi connectivity index (χ1n) is 6.22. The smallest absolute Gasteiger partial charge is 0.190 e. The molecule has 4 nitrogen and oxygen atoms in total. The second-order valence-corrected chi connectivity index (χ2v) is 5.17. The van der Waals surface area contributed by atoms with Crippen LogP contribution in [-0.4, -0.2) is 21.3 Å². The first-order valence-corrected chi connectivity index (χ1v) is 7.04. The number of nitrogens with zero attached hydrogens (tertiary/aromatic N) is 3. The molecule has 6 heteroatoms. The average Bonchev–Trinajstić information content (AvgIpc) is 2.79. The van der Waals surface area contributed by atoms with Gasteiger partial charge < -0.3 is 5.32 Å². The summed E-state index contributed by atoms with van der Waals surface area (Å²) >= 11 is 1.43. The molecule has 0 aliphatic heterocycles. The number of hydrogen-bond acceptors (Lipinski definition) is 4. The van der Waals surface area contributed by atoms with E-state index in [1.54, 1.807) is 10.7 Å². The van der Waals surface area contributed by atoms with Crippen molar-refractivity contribution in [1.82, 2.24) is 20.1 Å². The van der Waals surface area contributed by atoms with Crippen molar-refractivity contribution in [1.29, 1.82) is 0 Å². The van der Waals surface area contributed by atoms with E-state index in [9.17, 15) is 4.39 Å². The Hall–Kier alpha value is -1.40. The Morgan fingerprint density at radius 1 is 1.42 bits per heavy atom. The minimum Gasteiger partial charge on any atom is -0.313 e. The van der Waals surface area contributed by atoms with E-state index >= 15 is 0 Å². The first-order chi connectivity index (χ1) is 9.22. The summed E-state index contributed by atoms with van der Waals surface area (Å²) in [6.45, 7) is 3.49. The molecule has 2 rings (SSSR count). The van der Waals surface area contributed by atoms with Gasteiger partial charge in [-0.25, -0.2) is 14.1 Å². The quantitative estimate of drug-likeness (QED) is 0.826. The third-order valence-electron chi connectivity index (χ3n) is 2.68. The highest BCUT2D eigenvalue weighted by atomic mass is 32.2. The lowest BCUT2D eigenvalue weighted by Crippen LogP contribution is -2.15. The van der Waals surface area contributed by atoms with Crippen LogP contribution in [0.3, 0.4) is 0 Å². The summed E-state index contributed by atoms with van der Waals surface area (Å²) in [6.07, 6.45) is 2.52. The Morgan fingerprint density at radius 2 is 2.26 bits per heavy atom. The van der Waals surface area contributed by atoms with Gasteiger partial charge in [-0.05, 0) is 36.9 Å². The number of benzene rings is 1. The van der Waals surface area contributed by atoms with Crippen molar-refractivity contribution in [3.63, 3.8) is 0 Å². The second-order valence-electron chi connectivity index (χ2n) is 4.16. The number of aromatic nitrogens is 3. The van der Waals surface area contributed by atoms with Crippen LogP contribution in [0.1, 0.15) is 18.9 Å². The molecule has 0 spiro atoms. The molecule has 0 fully saturated rings. The van der Waals surface area contributed by atoms with Crippen molar-refractivity contribution in [3.05, 3.63) is 35.9 Å². The molecule has 0 aliphatic carbocycles. The lowest BCUT2D eigenvalue weighted by atomic mass is 10.2. The van der Waals surface area contributed by atoms with Crippen LogP contribution in [0.5, 0.6) is 0 Å². The summed E-state index contributed by atoms with van der Waals surface area (Å²) in [5, 5.41) is 8.00. The summed E-state index contributed by atoms with van der Waals surface area (Å²) in [7, 11) is 1.82. The van der Waals surface area contributed by atoms with Gasteiger partial charge >= 0.3 is 0 Å². The molecule has 0 radical (unpaired) electrons. The summed E-state index contributed by atoms with van der Waals surface area (Å²) in [6, 6.07) is 5.12. The highest BCUT2D eigenvalue weighted by molar-refractivity contribution is 7.99. The van der Waals surface area contributed by atoms with E-state index in [1.807, 2.05) is 13.1 Å². The zero-order valence-electron chi connectivity index (χ0n) is 11.1. The van der Waals surface area contributed by atoms with Gasteiger partial charge in [-0.15, -0.1) is 0 Å². The molecule has 1 aromatic carbocycles. The standard InChI is InChI=1S/C13H17FN4S/c1-3-7-15-8-10-11(14)5-4-6-12(10)19-13-16-9-17-18(13)2/h4-6,9,15H,3,7-8H2,1-2H3. The van der Waals surface area contributed by atoms with E-state index in [2.05, 4.69) is 22.3 Å². The van der Waals surface area contributed by atoms with Gasteiger partial charge in [0.25, 0.3) is 0 Å². The Kier molecular flexibility index (Phi) is 4.93. The van der Waals surface area contributed by atoms with Crippen LogP contribution in [0.4, 0.5) is 4.39 Å². The van der Waals surface area contributed by atoms with Gasteiger partial charge in [0, 0.05) is 24.1 Å². The molecule has 0 unspecified atom stereocenters. The molecule has 102 valence electrons. The number of hydrogen-bond donors (Lipinski definition) is 1. The number of aryl methyl sites for hydroxylation is 1. The molecule has 1 aromatic heterocycles. The summed E-state index contributed by atoms with van der Waals surface area (Å²) in [5.41, 5.74) is 0.684. The summed E-state index contributed by atoms with van der Waals surface area (Å²) < 4.78 is 15.6. The highest BCUT2D eigenvalue weighted by Crippen LogP contribution is 2.29. The largest absolute Gasteiger partial charge is 0.313 e. The molecule has 0 saturated carbocycles. The van der Waals surface area contributed by atoms with Crippen LogP contribution in [0.2, 0.25) is 0 Å². The van der Waals surface area contributed by atoms with E-state index < -0.39 is 0 Å². The molecule has 1 heterocycles. The lowest BCUT2D eigenvalue weighted by Gasteiger charge is -2.10. The minimum absolute atomic E-state index is 0.184. The fraction of sp³-hybridized carbons (Fsp3) is 0.385. The third kappa shape index (κ3) is 3.54. The summed E-state index contributed by atoms with van der Waals surface area (Å²) in [5.74, 6) is -0.184. The Labute approximate surface area is 116 Å². The number of halogens is 1. The Balaban J connectivity index is 2.19. The fourth-order valence-corrected chi connectivity index (χ4v) is 2.59. The molecule has 0 saturated heterocycles. The van der Waals surface area contributed by atoms with E-state index in [1.165, 1.54) is 24.2 Å². The van der Waals surface area contributed by atoms with E-state index in [0.717, 1.165) is 23.0 Å². The van der Waals surface area contributed by atoms with Gasteiger partial charge in [0.05, 0.1) is 0 Å². The van der Waals surface area contributed by atoms with Gasteiger partial charge in [0.2, 0.25) is 0 Å². The third-order valence-corrected chi connectivity index (χ3v) is 3.83. The van der Waals surface area contributed by atoms with Crippen LogP contribution >= 0.6 is 11.8 Å². The maximum absolute atomic E-state index is 13.9. The minimum atomic E-state index is -0.184. The molecular weight excluding hydrogens is 263 g/mol. The number of rotatable bonds is 6. The topological polar surface area (TPSA) is 42.7 Å². The SMILES string of the molecule is CCCNCc1c(F)cccc1Sc1ncnn1C. The van der Waals surface area contributed by atoms with Gasteiger partial charge in [0.1, 0.15) is 12.1 Å². The predicted molar refractivity (Wildman–Crippen MR) is 73.5 cm³/mol. The average molecular weight is 280 g/mol. The summed E-state index contributed by atoms with van der Waals surface area (Å²) in [4.78, 5) is 5.02. The molecule has 0 atom stereocenters. The van der Waals surface area contributed by atoms with Crippen molar-refractivity contribution in [3.8, 4) is 0 Å². The molecule has 0 bridgehead atoms. The Morgan fingerprint density at radius 3 is 2.95 bits per heavy atom. The van der Waals surface area contributed by atoms with Crippen LogP contribution in [-0.2, 0) is 13.6 Å². The molecule has 1 N–H and O–H groups in total. The zero-order chi connectivity index (χ0) is 13.7. The lowest BCUT2D eigenvalue weighted by molar-refractivity contribution is 0.578. The van der Waals surface area contributed by atoms with E-state index in [4.69, 9.17) is 0 Å². The van der Waals surface area contributed by atoms with Gasteiger partial charge in [-0.3, -0.25) is 0 Å². The van der Waals surface area contributed by atoms with E-state index in [0.29, 0.717) is 12.1 Å². The molecule has 0 amide bonds. The zero-order valence-corrected chi connectivity index (χ0v) is 11.9. The Bertz CT molecular complexity index is 541. The van der Waals surface area contributed by atoms with Crippen LogP contribution < -0.4 is 5.32 Å². The van der Waals surface area contributed by atoms with Crippen molar-refractivity contribution in [2.45, 2.75) is 29.9 Å². The molecule has 19 heavy (non-hydrogen) atoms. The first kappa shape index (κ1) is 14.0. The predicted octanol–water partition coefficient (Wildman–Crippen LogP) is 2.61. The molecule has 0 aliphatic rings. The molecule has 2 aromatic rings. The van der Waals surface area contributed by atoms with Crippen LogP contribution in [0.15, 0.2) is 34.6 Å². The van der Waals surface area contributed by atoms with Crippen LogP contribution in [0.25, 0.3) is 0 Å². The number of nitrogens with one attached hydrogen (secondary N) is 1. The maximum atomic E-state index is 13.9. The fourth-order valence-electron chi connectivity index (χ4n) is 1.67.